The highest BCUT2D eigenvalue weighted by Gasteiger charge is 2.28. The van der Waals surface area contributed by atoms with Gasteiger partial charge in [0, 0.05) is 25.3 Å². The van der Waals surface area contributed by atoms with Crippen LogP contribution in [0.4, 0.5) is 0 Å². The fourth-order valence-electron chi connectivity index (χ4n) is 2.66. The van der Waals surface area contributed by atoms with Crippen LogP contribution in [0.1, 0.15) is 24.7 Å². The number of piperidine rings is 1. The molecule has 1 aliphatic rings. The summed E-state index contributed by atoms with van der Waals surface area (Å²) in [6, 6.07) is 9.18. The molecule has 0 spiro atoms. The monoisotopic (exact) mass is 365 g/mol. The van der Waals surface area contributed by atoms with Crippen LogP contribution in [0.15, 0.2) is 40.0 Å². The first-order valence-corrected chi connectivity index (χ1v) is 9.81. The van der Waals surface area contributed by atoms with Gasteiger partial charge >= 0.3 is 5.22 Å². The van der Waals surface area contributed by atoms with Crippen molar-refractivity contribution in [2.24, 2.45) is 0 Å². The average molecular weight is 365 g/mol. The Morgan fingerprint density at radius 1 is 1.24 bits per heavy atom. The molecule has 9 heteroatoms. The molecular weight excluding hydrogens is 346 g/mol. The number of nitrogens with zero attached hydrogens (tertiary/aromatic N) is 3. The SMILES string of the molecule is CS(=O)(=O)c1nnc(C2CCN(C(=O)COc3ccccc3)CC2)o1. The van der Waals surface area contributed by atoms with Crippen molar-refractivity contribution in [2.45, 2.75) is 24.0 Å². The van der Waals surface area contributed by atoms with Crippen LogP contribution in [0.3, 0.4) is 0 Å². The number of ether oxygens (including phenoxy) is 1. The largest absolute Gasteiger partial charge is 0.484 e. The number of rotatable bonds is 5. The molecule has 25 heavy (non-hydrogen) atoms. The van der Waals surface area contributed by atoms with E-state index >= 15 is 0 Å². The summed E-state index contributed by atoms with van der Waals surface area (Å²) >= 11 is 0. The number of likely N-dealkylation sites (tertiary alicyclic amines) is 1. The van der Waals surface area contributed by atoms with Crippen LogP contribution >= 0.6 is 0 Å². The Balaban J connectivity index is 1.51. The molecule has 134 valence electrons. The van der Waals surface area contributed by atoms with Gasteiger partial charge in [-0.25, -0.2) is 8.42 Å². The zero-order chi connectivity index (χ0) is 17.9. The second-order valence-electron chi connectivity index (χ2n) is 5.94. The van der Waals surface area contributed by atoms with Crippen LogP contribution in [-0.2, 0) is 14.6 Å². The van der Waals surface area contributed by atoms with Gasteiger partial charge in [0.05, 0.1) is 0 Å². The molecule has 0 atom stereocenters. The van der Waals surface area contributed by atoms with Gasteiger partial charge in [-0.15, -0.1) is 5.10 Å². The number of sulfone groups is 1. The molecule has 1 fully saturated rings. The van der Waals surface area contributed by atoms with E-state index in [0.717, 1.165) is 6.26 Å². The summed E-state index contributed by atoms with van der Waals surface area (Å²) in [6.07, 6.45) is 2.31. The number of amides is 1. The molecule has 0 saturated carbocycles. The van der Waals surface area contributed by atoms with Gasteiger partial charge in [0.25, 0.3) is 5.91 Å². The molecular formula is C16H19N3O5S. The molecule has 0 unspecified atom stereocenters. The molecule has 3 rings (SSSR count). The lowest BCUT2D eigenvalue weighted by Crippen LogP contribution is -2.40. The van der Waals surface area contributed by atoms with Crippen LogP contribution in [0, 0.1) is 0 Å². The van der Waals surface area contributed by atoms with Crippen molar-refractivity contribution >= 4 is 15.7 Å². The third-order valence-corrected chi connectivity index (χ3v) is 4.84. The van der Waals surface area contributed by atoms with Crippen LogP contribution in [-0.4, -0.2) is 55.4 Å². The molecule has 1 amide bonds. The standard InChI is InChI=1S/C16H19N3O5S/c1-25(21,22)16-18-17-15(24-16)12-7-9-19(10-8-12)14(20)11-23-13-5-3-2-4-6-13/h2-6,12H,7-11H2,1H3. The first kappa shape index (κ1) is 17.4. The fourth-order valence-corrected chi connectivity index (χ4v) is 3.09. The van der Waals surface area contributed by atoms with Crippen molar-refractivity contribution in [3.63, 3.8) is 0 Å². The van der Waals surface area contributed by atoms with Crippen LogP contribution < -0.4 is 4.74 Å². The molecule has 2 heterocycles. The van der Waals surface area contributed by atoms with E-state index in [1.807, 2.05) is 18.2 Å². The Morgan fingerprint density at radius 3 is 2.52 bits per heavy atom. The number of carbonyl (C=O) groups excluding carboxylic acids is 1. The van der Waals surface area contributed by atoms with Gasteiger partial charge in [0.15, 0.2) is 6.61 Å². The third kappa shape index (κ3) is 4.36. The second kappa shape index (κ2) is 7.22. The number of aromatic nitrogens is 2. The summed E-state index contributed by atoms with van der Waals surface area (Å²) in [5, 5.41) is 7.04. The first-order chi connectivity index (χ1) is 11.9. The summed E-state index contributed by atoms with van der Waals surface area (Å²) in [6.45, 7) is 1.07. The minimum Gasteiger partial charge on any atom is -0.484 e. The summed E-state index contributed by atoms with van der Waals surface area (Å²) in [4.78, 5) is 13.9. The van der Waals surface area contributed by atoms with Crippen molar-refractivity contribution in [2.75, 3.05) is 26.0 Å². The highest BCUT2D eigenvalue weighted by molar-refractivity contribution is 7.90. The number of hydrogen-bond acceptors (Lipinski definition) is 7. The van der Waals surface area contributed by atoms with Crippen LogP contribution in [0.5, 0.6) is 5.75 Å². The van der Waals surface area contributed by atoms with Gasteiger partial charge < -0.3 is 14.1 Å². The number of para-hydroxylation sites is 1. The normalized spacial score (nSPS) is 16.0. The van der Waals surface area contributed by atoms with Gasteiger partial charge in [-0.3, -0.25) is 4.79 Å². The lowest BCUT2D eigenvalue weighted by atomic mass is 9.97. The van der Waals surface area contributed by atoms with Crippen molar-refractivity contribution < 1.29 is 22.4 Å². The lowest BCUT2D eigenvalue weighted by Gasteiger charge is -2.30. The zero-order valence-corrected chi connectivity index (χ0v) is 14.6. The zero-order valence-electron chi connectivity index (χ0n) is 13.8. The Hall–Kier alpha value is -2.42. The predicted molar refractivity (Wildman–Crippen MR) is 87.9 cm³/mol. The molecule has 1 aromatic carbocycles. The Bertz CT molecular complexity index is 826. The number of hydrogen-bond donors (Lipinski definition) is 0. The number of benzene rings is 1. The maximum absolute atomic E-state index is 12.2. The van der Waals surface area contributed by atoms with E-state index in [9.17, 15) is 13.2 Å². The molecule has 0 bridgehead atoms. The van der Waals surface area contributed by atoms with Crippen molar-refractivity contribution in [1.82, 2.24) is 15.1 Å². The van der Waals surface area contributed by atoms with Gasteiger partial charge in [0.2, 0.25) is 15.7 Å². The molecule has 0 aliphatic carbocycles. The Labute approximate surface area is 145 Å². The predicted octanol–water partition coefficient (Wildman–Crippen LogP) is 1.26. The van der Waals surface area contributed by atoms with Gasteiger partial charge in [-0.2, -0.15) is 0 Å². The first-order valence-electron chi connectivity index (χ1n) is 7.92. The van der Waals surface area contributed by atoms with E-state index in [2.05, 4.69) is 10.2 Å². The second-order valence-corrected chi connectivity index (χ2v) is 7.83. The summed E-state index contributed by atoms with van der Waals surface area (Å²) in [5.74, 6) is 0.852. The van der Waals surface area contributed by atoms with E-state index in [-0.39, 0.29) is 23.7 Å². The summed E-state index contributed by atoms with van der Waals surface area (Å²) in [7, 11) is -3.50. The molecule has 0 radical (unpaired) electrons. The minimum atomic E-state index is -3.50. The van der Waals surface area contributed by atoms with E-state index < -0.39 is 9.84 Å². The average Bonchev–Trinajstić information content (AvgIpc) is 3.11. The third-order valence-electron chi connectivity index (χ3n) is 4.04. The molecule has 1 aromatic heterocycles. The van der Waals surface area contributed by atoms with Crippen molar-refractivity contribution in [3.05, 3.63) is 36.2 Å². The van der Waals surface area contributed by atoms with Crippen LogP contribution in [0.2, 0.25) is 0 Å². The molecule has 0 N–H and O–H groups in total. The van der Waals surface area contributed by atoms with Gasteiger partial charge in [-0.1, -0.05) is 23.3 Å². The smallest absolute Gasteiger partial charge is 0.335 e. The van der Waals surface area contributed by atoms with E-state index in [0.29, 0.717) is 37.6 Å². The summed E-state index contributed by atoms with van der Waals surface area (Å²) in [5.41, 5.74) is 0. The molecule has 2 aromatic rings. The van der Waals surface area contributed by atoms with Crippen molar-refractivity contribution in [3.8, 4) is 5.75 Å². The van der Waals surface area contributed by atoms with E-state index in [1.165, 1.54) is 0 Å². The lowest BCUT2D eigenvalue weighted by molar-refractivity contribution is -0.134. The Morgan fingerprint density at radius 2 is 1.92 bits per heavy atom. The maximum Gasteiger partial charge on any atom is 0.335 e. The van der Waals surface area contributed by atoms with Crippen molar-refractivity contribution in [1.29, 1.82) is 0 Å². The fraction of sp³-hybridized carbons (Fsp3) is 0.438. The highest BCUT2D eigenvalue weighted by Crippen LogP contribution is 2.27. The van der Waals surface area contributed by atoms with Crippen LogP contribution in [0.25, 0.3) is 0 Å². The maximum atomic E-state index is 12.2. The molecule has 8 nitrogen and oxygen atoms in total. The quantitative estimate of drug-likeness (QED) is 0.786. The van der Waals surface area contributed by atoms with E-state index in [4.69, 9.17) is 9.15 Å². The van der Waals surface area contributed by atoms with Gasteiger partial charge in [0.1, 0.15) is 5.75 Å². The highest BCUT2D eigenvalue weighted by atomic mass is 32.2. The minimum absolute atomic E-state index is 0.00648. The molecule has 1 aliphatic heterocycles. The number of carbonyl (C=O) groups is 1. The van der Waals surface area contributed by atoms with Gasteiger partial charge in [-0.05, 0) is 25.0 Å². The molecule has 1 saturated heterocycles. The van der Waals surface area contributed by atoms with E-state index in [1.54, 1.807) is 17.0 Å². The topological polar surface area (TPSA) is 103 Å². The summed E-state index contributed by atoms with van der Waals surface area (Å²) < 4.78 is 33.5. The Kier molecular flexibility index (Phi) is 5.03.